The van der Waals surface area contributed by atoms with Crippen LogP contribution in [0.2, 0.25) is 0 Å². The first-order chi connectivity index (χ1) is 15.1. The molecule has 31 heavy (non-hydrogen) atoms. The third-order valence-electron chi connectivity index (χ3n) is 6.93. The van der Waals surface area contributed by atoms with E-state index >= 15 is 0 Å². The van der Waals surface area contributed by atoms with Gasteiger partial charge in [0.2, 0.25) is 5.91 Å². The van der Waals surface area contributed by atoms with Crippen LogP contribution in [0.1, 0.15) is 32.6 Å². The van der Waals surface area contributed by atoms with Gasteiger partial charge in [0.1, 0.15) is 16.5 Å². The van der Waals surface area contributed by atoms with Crippen LogP contribution in [0, 0.1) is 23.6 Å². The summed E-state index contributed by atoms with van der Waals surface area (Å²) in [6.45, 7) is 2.15. The van der Waals surface area contributed by atoms with Gasteiger partial charge in [-0.1, -0.05) is 42.4 Å². The highest BCUT2D eigenvalue weighted by Gasteiger charge is 2.42. The average molecular weight is 436 g/mol. The molecular formula is C25H26FN3OS. The fraction of sp³-hybridized carbons (Fsp3) is 0.400. The van der Waals surface area contributed by atoms with Gasteiger partial charge in [0.25, 0.3) is 0 Å². The monoisotopic (exact) mass is 435 g/mol. The molecule has 1 heterocycles. The Labute approximate surface area is 186 Å². The highest BCUT2D eigenvalue weighted by atomic mass is 32.2. The lowest BCUT2D eigenvalue weighted by atomic mass is 9.84. The molecule has 1 aromatic heterocycles. The highest BCUT2D eigenvalue weighted by molar-refractivity contribution is 8.00. The van der Waals surface area contributed by atoms with Crippen LogP contribution >= 0.6 is 11.8 Å². The van der Waals surface area contributed by atoms with Crippen molar-refractivity contribution in [3.05, 3.63) is 54.3 Å². The first kappa shape index (κ1) is 20.4. The van der Waals surface area contributed by atoms with Gasteiger partial charge in [-0.25, -0.2) is 4.39 Å². The Bertz CT molecular complexity index is 1100. The fourth-order valence-electron chi connectivity index (χ4n) is 5.45. The van der Waals surface area contributed by atoms with E-state index in [2.05, 4.69) is 22.4 Å². The second-order valence-electron chi connectivity index (χ2n) is 8.89. The molecular weight excluding hydrogens is 409 g/mol. The summed E-state index contributed by atoms with van der Waals surface area (Å²) in [6.07, 6.45) is 5.31. The van der Waals surface area contributed by atoms with Crippen LogP contribution in [0.3, 0.4) is 0 Å². The number of nitrogens with zero attached hydrogens (tertiary/aromatic N) is 2. The standard InChI is InChI=1S/C25H26FN3OS/c1-15(22-13-16-6-7-18(22)12-16)27-23(30)14-31-25-21-5-3-2-4-20(21)24(28-29-25)17-8-10-19(26)11-9-17/h2-5,8-11,15-16,18,22H,6-7,12-14H2,1H3,(H,27,30)/t15-,16-,18-,22+/m0/s1. The molecule has 0 radical (unpaired) electrons. The minimum atomic E-state index is -0.279. The average Bonchev–Trinajstić information content (AvgIpc) is 3.42. The van der Waals surface area contributed by atoms with E-state index < -0.39 is 0 Å². The Morgan fingerprint density at radius 2 is 1.87 bits per heavy atom. The predicted molar refractivity (Wildman–Crippen MR) is 122 cm³/mol. The maximum atomic E-state index is 13.3. The Balaban J connectivity index is 1.29. The number of hydrogen-bond donors (Lipinski definition) is 1. The highest BCUT2D eigenvalue weighted by Crippen LogP contribution is 2.49. The molecule has 0 unspecified atom stereocenters. The number of carbonyl (C=O) groups is 1. The quantitative estimate of drug-likeness (QED) is 0.522. The number of carbonyl (C=O) groups excluding carboxylic acids is 1. The topological polar surface area (TPSA) is 54.9 Å². The number of halogens is 1. The molecule has 6 heteroatoms. The molecule has 0 spiro atoms. The Kier molecular flexibility index (Phi) is 5.65. The van der Waals surface area contributed by atoms with Crippen molar-refractivity contribution in [2.45, 2.75) is 43.7 Å². The van der Waals surface area contributed by atoms with Crippen LogP contribution in [-0.4, -0.2) is 27.9 Å². The third-order valence-corrected chi connectivity index (χ3v) is 7.92. The maximum absolute atomic E-state index is 13.3. The summed E-state index contributed by atoms with van der Waals surface area (Å²) in [5.74, 6) is 2.39. The van der Waals surface area contributed by atoms with Crippen LogP contribution in [0.15, 0.2) is 53.6 Å². The molecule has 2 bridgehead atoms. The zero-order valence-electron chi connectivity index (χ0n) is 17.6. The Hall–Kier alpha value is -2.47. The summed E-state index contributed by atoms with van der Waals surface area (Å²) < 4.78 is 13.3. The van der Waals surface area contributed by atoms with Gasteiger partial charge in [-0.3, -0.25) is 4.79 Å². The van der Waals surface area contributed by atoms with E-state index in [1.807, 2.05) is 24.3 Å². The van der Waals surface area contributed by atoms with Crippen molar-refractivity contribution in [2.24, 2.45) is 17.8 Å². The summed E-state index contributed by atoms with van der Waals surface area (Å²) in [6, 6.07) is 14.4. The summed E-state index contributed by atoms with van der Waals surface area (Å²) in [4.78, 5) is 12.6. The molecule has 1 N–H and O–H groups in total. The molecule has 4 atom stereocenters. The van der Waals surface area contributed by atoms with Crippen LogP contribution in [0.25, 0.3) is 22.0 Å². The van der Waals surface area contributed by atoms with Crippen LogP contribution in [0.4, 0.5) is 4.39 Å². The van der Waals surface area contributed by atoms with Crippen LogP contribution in [0.5, 0.6) is 0 Å². The van der Waals surface area contributed by atoms with Gasteiger partial charge < -0.3 is 5.32 Å². The molecule has 3 aromatic rings. The number of amides is 1. The second kappa shape index (κ2) is 8.58. The number of benzene rings is 2. The number of nitrogens with one attached hydrogen (secondary N) is 1. The molecule has 5 rings (SSSR count). The van der Waals surface area contributed by atoms with E-state index in [4.69, 9.17) is 0 Å². The van der Waals surface area contributed by atoms with Gasteiger partial charge in [-0.2, -0.15) is 0 Å². The molecule has 2 saturated carbocycles. The second-order valence-corrected chi connectivity index (χ2v) is 9.85. The number of rotatable bonds is 6. The number of hydrogen-bond acceptors (Lipinski definition) is 4. The summed E-state index contributed by atoms with van der Waals surface area (Å²) in [7, 11) is 0. The normalized spacial score (nSPS) is 23.2. The number of aromatic nitrogens is 2. The van der Waals surface area contributed by atoms with E-state index in [-0.39, 0.29) is 17.8 Å². The summed E-state index contributed by atoms with van der Waals surface area (Å²) in [5, 5.41) is 14.7. The smallest absolute Gasteiger partial charge is 0.230 e. The molecule has 2 aliphatic carbocycles. The van der Waals surface area contributed by atoms with Gasteiger partial charge in [0, 0.05) is 22.4 Å². The lowest BCUT2D eigenvalue weighted by molar-refractivity contribution is -0.119. The SMILES string of the molecule is C[C@H](NC(=O)CSc1nnc(-c2ccc(F)cc2)c2ccccc12)[C@H]1C[C@H]2CC[C@H]1C2. The van der Waals surface area contributed by atoms with Crippen molar-refractivity contribution < 1.29 is 9.18 Å². The fourth-order valence-corrected chi connectivity index (χ4v) is 6.23. The van der Waals surface area contributed by atoms with E-state index in [9.17, 15) is 9.18 Å². The molecule has 160 valence electrons. The van der Waals surface area contributed by atoms with Gasteiger partial charge in [-0.05, 0) is 68.2 Å². The summed E-state index contributed by atoms with van der Waals surface area (Å²) in [5.41, 5.74) is 1.54. The van der Waals surface area contributed by atoms with Crippen molar-refractivity contribution in [2.75, 3.05) is 5.75 Å². The van der Waals surface area contributed by atoms with Crippen molar-refractivity contribution >= 4 is 28.4 Å². The first-order valence-electron chi connectivity index (χ1n) is 11.0. The largest absolute Gasteiger partial charge is 0.353 e. The molecule has 4 nitrogen and oxygen atoms in total. The van der Waals surface area contributed by atoms with E-state index in [1.165, 1.54) is 49.6 Å². The number of thioether (sulfide) groups is 1. The van der Waals surface area contributed by atoms with Crippen molar-refractivity contribution in [1.29, 1.82) is 0 Å². The van der Waals surface area contributed by atoms with Gasteiger partial charge in [0.15, 0.2) is 0 Å². The van der Waals surface area contributed by atoms with E-state index in [0.29, 0.717) is 17.4 Å². The van der Waals surface area contributed by atoms with E-state index in [1.54, 1.807) is 12.1 Å². The minimum Gasteiger partial charge on any atom is -0.353 e. The van der Waals surface area contributed by atoms with Crippen molar-refractivity contribution in [1.82, 2.24) is 15.5 Å². The molecule has 2 aliphatic rings. The van der Waals surface area contributed by atoms with Crippen molar-refractivity contribution in [3.8, 4) is 11.3 Å². The maximum Gasteiger partial charge on any atom is 0.230 e. The molecule has 2 aromatic carbocycles. The molecule has 0 aliphatic heterocycles. The van der Waals surface area contributed by atoms with E-state index in [0.717, 1.165) is 33.2 Å². The van der Waals surface area contributed by atoms with Crippen LogP contribution in [-0.2, 0) is 4.79 Å². The van der Waals surface area contributed by atoms with Gasteiger partial charge in [0.05, 0.1) is 5.75 Å². The molecule has 0 saturated heterocycles. The molecule has 2 fully saturated rings. The minimum absolute atomic E-state index is 0.0498. The van der Waals surface area contributed by atoms with Gasteiger partial charge in [-0.15, -0.1) is 10.2 Å². The predicted octanol–water partition coefficient (Wildman–Crippen LogP) is 5.47. The van der Waals surface area contributed by atoms with Gasteiger partial charge >= 0.3 is 0 Å². The molecule has 1 amide bonds. The lowest BCUT2D eigenvalue weighted by Crippen LogP contribution is -2.40. The number of fused-ring (bicyclic) bond motifs is 3. The zero-order valence-corrected chi connectivity index (χ0v) is 18.4. The third kappa shape index (κ3) is 4.18. The lowest BCUT2D eigenvalue weighted by Gasteiger charge is -2.28. The zero-order chi connectivity index (χ0) is 21.4. The van der Waals surface area contributed by atoms with Crippen LogP contribution < -0.4 is 5.32 Å². The van der Waals surface area contributed by atoms with Crippen molar-refractivity contribution in [3.63, 3.8) is 0 Å². The Morgan fingerprint density at radius 3 is 2.58 bits per heavy atom. The summed E-state index contributed by atoms with van der Waals surface area (Å²) >= 11 is 1.42. The first-order valence-corrected chi connectivity index (χ1v) is 12.0. The Morgan fingerprint density at radius 1 is 1.10 bits per heavy atom.